The fraction of sp³-hybridized carbons (Fsp3) is 0.0667. The molecule has 0 saturated carbocycles. The smallest absolute Gasteiger partial charge is 0.0406 e. The monoisotopic (exact) mass is 226 g/mol. The highest BCUT2D eigenvalue weighted by molar-refractivity contribution is 6.30. The topological polar surface area (TPSA) is 0 Å². The van der Waals surface area contributed by atoms with Crippen molar-refractivity contribution in [3.05, 3.63) is 70.2 Å². The van der Waals surface area contributed by atoms with Crippen LogP contribution in [0, 0.1) is 0 Å². The van der Waals surface area contributed by atoms with Crippen molar-refractivity contribution in [2.45, 2.75) is 6.42 Å². The maximum Gasteiger partial charge on any atom is 0.0406 e. The fourth-order valence-corrected chi connectivity index (χ4v) is 2.26. The van der Waals surface area contributed by atoms with Gasteiger partial charge in [0.15, 0.2) is 0 Å². The minimum atomic E-state index is 0.792. The summed E-state index contributed by atoms with van der Waals surface area (Å²) < 4.78 is 0. The van der Waals surface area contributed by atoms with Crippen LogP contribution in [0.4, 0.5) is 0 Å². The molecule has 2 aromatic carbocycles. The van der Waals surface area contributed by atoms with Gasteiger partial charge in [-0.2, -0.15) is 0 Å². The van der Waals surface area contributed by atoms with E-state index in [1.165, 1.54) is 22.3 Å². The predicted molar refractivity (Wildman–Crippen MR) is 69.5 cm³/mol. The van der Waals surface area contributed by atoms with Gasteiger partial charge in [0.1, 0.15) is 0 Å². The van der Waals surface area contributed by atoms with Gasteiger partial charge in [-0.3, -0.25) is 0 Å². The quantitative estimate of drug-likeness (QED) is 0.675. The van der Waals surface area contributed by atoms with E-state index >= 15 is 0 Å². The summed E-state index contributed by atoms with van der Waals surface area (Å²) in [5.41, 5.74) is 5.39. The van der Waals surface area contributed by atoms with Gasteiger partial charge in [-0.05, 0) is 40.8 Å². The first-order chi connectivity index (χ1) is 7.83. The summed E-state index contributed by atoms with van der Waals surface area (Å²) >= 11 is 5.89. The van der Waals surface area contributed by atoms with Gasteiger partial charge >= 0.3 is 0 Å². The Morgan fingerprint density at radius 2 is 1.62 bits per heavy atom. The Bertz CT molecular complexity index is 550. The minimum Gasteiger partial charge on any atom is -0.0843 e. The summed E-state index contributed by atoms with van der Waals surface area (Å²) in [6, 6.07) is 16.6. The highest BCUT2D eigenvalue weighted by Crippen LogP contribution is 2.31. The van der Waals surface area contributed by atoms with E-state index in [-0.39, 0.29) is 0 Å². The van der Waals surface area contributed by atoms with Gasteiger partial charge in [-0.1, -0.05) is 54.1 Å². The molecule has 2 aromatic rings. The van der Waals surface area contributed by atoms with Crippen molar-refractivity contribution in [2.75, 3.05) is 0 Å². The van der Waals surface area contributed by atoms with Crippen molar-refractivity contribution < 1.29 is 0 Å². The first kappa shape index (κ1) is 9.68. The SMILES string of the molecule is Clc1ccc(C2=Cc3ccccc3C2)cc1. The average Bonchev–Trinajstić information content (AvgIpc) is 2.73. The molecule has 0 bridgehead atoms. The van der Waals surface area contributed by atoms with Crippen LogP contribution in [0.5, 0.6) is 0 Å². The molecule has 0 spiro atoms. The largest absolute Gasteiger partial charge is 0.0843 e. The van der Waals surface area contributed by atoms with E-state index in [1.54, 1.807) is 0 Å². The third-order valence-electron chi connectivity index (χ3n) is 2.98. The summed E-state index contributed by atoms with van der Waals surface area (Å²) in [5.74, 6) is 0. The van der Waals surface area contributed by atoms with E-state index in [0.29, 0.717) is 0 Å². The second-order valence-electron chi connectivity index (χ2n) is 4.05. The van der Waals surface area contributed by atoms with Gasteiger partial charge in [0.2, 0.25) is 0 Å². The second-order valence-corrected chi connectivity index (χ2v) is 4.49. The van der Waals surface area contributed by atoms with Gasteiger partial charge in [-0.25, -0.2) is 0 Å². The second kappa shape index (κ2) is 3.80. The van der Waals surface area contributed by atoms with Gasteiger partial charge < -0.3 is 0 Å². The third kappa shape index (κ3) is 1.66. The Morgan fingerprint density at radius 1 is 0.875 bits per heavy atom. The van der Waals surface area contributed by atoms with Crippen LogP contribution in [0.2, 0.25) is 5.02 Å². The third-order valence-corrected chi connectivity index (χ3v) is 3.23. The van der Waals surface area contributed by atoms with Gasteiger partial charge in [-0.15, -0.1) is 0 Å². The Kier molecular flexibility index (Phi) is 2.30. The molecule has 0 heterocycles. The number of rotatable bonds is 1. The summed E-state index contributed by atoms with van der Waals surface area (Å²) in [5, 5.41) is 0.792. The van der Waals surface area contributed by atoms with Crippen LogP contribution in [0.15, 0.2) is 48.5 Å². The lowest BCUT2D eigenvalue weighted by atomic mass is 10.0. The Hall–Kier alpha value is -1.53. The van der Waals surface area contributed by atoms with Crippen LogP contribution < -0.4 is 0 Å². The molecule has 1 aliphatic carbocycles. The molecule has 16 heavy (non-hydrogen) atoms. The Labute approximate surface area is 100 Å². The molecule has 0 saturated heterocycles. The summed E-state index contributed by atoms with van der Waals surface area (Å²) in [4.78, 5) is 0. The van der Waals surface area contributed by atoms with E-state index < -0.39 is 0 Å². The number of halogens is 1. The Balaban J connectivity index is 1.98. The van der Waals surface area contributed by atoms with Gasteiger partial charge in [0.05, 0.1) is 0 Å². The molecule has 0 N–H and O–H groups in total. The number of fused-ring (bicyclic) bond motifs is 1. The first-order valence-electron chi connectivity index (χ1n) is 5.37. The van der Waals surface area contributed by atoms with Crippen LogP contribution in [0.1, 0.15) is 16.7 Å². The van der Waals surface area contributed by atoms with Crippen molar-refractivity contribution in [1.29, 1.82) is 0 Å². The molecular weight excluding hydrogens is 216 g/mol. The molecule has 0 atom stereocenters. The molecule has 1 aliphatic rings. The van der Waals surface area contributed by atoms with Crippen LogP contribution in [-0.2, 0) is 6.42 Å². The molecule has 0 aromatic heterocycles. The highest BCUT2D eigenvalue weighted by Gasteiger charge is 2.12. The standard InChI is InChI=1S/C15H11Cl/c16-15-7-5-11(6-8-15)14-9-12-3-1-2-4-13(12)10-14/h1-9H,10H2. The molecule has 0 aliphatic heterocycles. The molecule has 78 valence electrons. The van der Waals surface area contributed by atoms with Crippen molar-refractivity contribution in [3.63, 3.8) is 0 Å². The van der Waals surface area contributed by atoms with Crippen LogP contribution in [-0.4, -0.2) is 0 Å². The lowest BCUT2D eigenvalue weighted by molar-refractivity contribution is 1.32. The van der Waals surface area contributed by atoms with Crippen LogP contribution >= 0.6 is 11.6 Å². The van der Waals surface area contributed by atoms with Crippen molar-refractivity contribution >= 4 is 23.3 Å². The van der Waals surface area contributed by atoms with Gasteiger partial charge in [0, 0.05) is 5.02 Å². The summed E-state index contributed by atoms with van der Waals surface area (Å²) in [6.45, 7) is 0. The zero-order chi connectivity index (χ0) is 11.0. The van der Waals surface area contributed by atoms with Crippen molar-refractivity contribution in [3.8, 4) is 0 Å². The number of hydrogen-bond donors (Lipinski definition) is 0. The maximum atomic E-state index is 5.89. The minimum absolute atomic E-state index is 0.792. The lowest BCUT2D eigenvalue weighted by Gasteiger charge is -2.01. The van der Waals surface area contributed by atoms with Crippen LogP contribution in [0.3, 0.4) is 0 Å². The lowest BCUT2D eigenvalue weighted by Crippen LogP contribution is -1.84. The first-order valence-corrected chi connectivity index (χ1v) is 5.75. The van der Waals surface area contributed by atoms with Crippen molar-refractivity contribution in [1.82, 2.24) is 0 Å². The average molecular weight is 227 g/mol. The van der Waals surface area contributed by atoms with E-state index in [1.807, 2.05) is 12.1 Å². The zero-order valence-corrected chi connectivity index (χ0v) is 9.54. The van der Waals surface area contributed by atoms with E-state index in [0.717, 1.165) is 11.4 Å². The van der Waals surface area contributed by atoms with Crippen molar-refractivity contribution in [2.24, 2.45) is 0 Å². The molecule has 0 radical (unpaired) electrons. The molecular formula is C15H11Cl. The Morgan fingerprint density at radius 3 is 2.38 bits per heavy atom. The maximum absolute atomic E-state index is 5.89. The van der Waals surface area contributed by atoms with E-state index in [4.69, 9.17) is 11.6 Å². The summed E-state index contributed by atoms with van der Waals surface area (Å²) in [6.07, 6.45) is 3.29. The predicted octanol–water partition coefficient (Wildman–Crippen LogP) is 4.44. The normalized spacial score (nSPS) is 13.4. The number of allylic oxidation sites excluding steroid dienone is 1. The van der Waals surface area contributed by atoms with Crippen LogP contribution in [0.25, 0.3) is 11.6 Å². The van der Waals surface area contributed by atoms with E-state index in [2.05, 4.69) is 42.5 Å². The molecule has 1 heteroatoms. The molecule has 0 nitrogen and oxygen atoms in total. The molecule has 0 unspecified atom stereocenters. The number of benzene rings is 2. The molecule has 0 fully saturated rings. The molecule has 0 amide bonds. The molecule has 3 rings (SSSR count). The fourth-order valence-electron chi connectivity index (χ4n) is 2.13. The van der Waals surface area contributed by atoms with Gasteiger partial charge in [0.25, 0.3) is 0 Å². The highest BCUT2D eigenvalue weighted by atomic mass is 35.5. The van der Waals surface area contributed by atoms with E-state index in [9.17, 15) is 0 Å². The zero-order valence-electron chi connectivity index (χ0n) is 8.78. The number of hydrogen-bond acceptors (Lipinski definition) is 0. The summed E-state index contributed by atoms with van der Waals surface area (Å²) in [7, 11) is 0.